The minimum Gasteiger partial charge on any atom is -0.504 e. The zero-order chi connectivity index (χ0) is 14.5. The first kappa shape index (κ1) is 15.5. The average molecular weight is 298 g/mol. The largest absolute Gasteiger partial charge is 0.504 e. The van der Waals surface area contributed by atoms with Gasteiger partial charge in [-0.3, -0.25) is 4.90 Å². The van der Waals surface area contributed by atoms with Crippen molar-refractivity contribution in [2.24, 2.45) is 0 Å². The number of benzene rings is 1. The molecule has 2 rings (SSSR count). The monoisotopic (exact) mass is 297 g/mol. The Labute approximate surface area is 126 Å². The van der Waals surface area contributed by atoms with Crippen LogP contribution in [0.5, 0.6) is 11.5 Å². The molecule has 1 aliphatic rings. The Balaban J connectivity index is 2.10. The van der Waals surface area contributed by atoms with E-state index in [0.717, 1.165) is 5.56 Å². The third kappa shape index (κ3) is 3.80. The van der Waals surface area contributed by atoms with Crippen molar-refractivity contribution < 1.29 is 9.84 Å². The van der Waals surface area contributed by atoms with Crippen molar-refractivity contribution in [1.29, 1.82) is 0 Å². The van der Waals surface area contributed by atoms with E-state index < -0.39 is 0 Å². The van der Waals surface area contributed by atoms with Crippen LogP contribution in [-0.4, -0.2) is 30.2 Å². The fourth-order valence-corrected chi connectivity index (χ4v) is 3.23. The van der Waals surface area contributed by atoms with Gasteiger partial charge in [-0.05, 0) is 26.0 Å². The van der Waals surface area contributed by atoms with E-state index in [0.29, 0.717) is 23.4 Å². The summed E-state index contributed by atoms with van der Waals surface area (Å²) in [6.45, 7) is 0.702. The number of hydrogen-bond donors (Lipinski definition) is 1. The van der Waals surface area contributed by atoms with Crippen LogP contribution in [0.1, 0.15) is 44.1 Å². The summed E-state index contributed by atoms with van der Waals surface area (Å²) in [5, 5.41) is 10.8. The van der Waals surface area contributed by atoms with Crippen molar-refractivity contribution in [3.05, 3.63) is 22.7 Å². The molecular weight excluding hydrogens is 274 g/mol. The van der Waals surface area contributed by atoms with Gasteiger partial charge in [0.25, 0.3) is 0 Å². The molecule has 112 valence electrons. The summed E-state index contributed by atoms with van der Waals surface area (Å²) in [6.07, 6.45) is 7.80. The fourth-order valence-electron chi connectivity index (χ4n) is 3.00. The van der Waals surface area contributed by atoms with Gasteiger partial charge >= 0.3 is 0 Å². The quantitative estimate of drug-likeness (QED) is 0.845. The van der Waals surface area contributed by atoms with Crippen molar-refractivity contribution in [3.8, 4) is 11.5 Å². The number of methoxy groups -OCH3 is 1. The van der Waals surface area contributed by atoms with Gasteiger partial charge < -0.3 is 9.84 Å². The smallest absolute Gasteiger partial charge is 0.162 e. The summed E-state index contributed by atoms with van der Waals surface area (Å²) < 4.78 is 5.16. The maximum Gasteiger partial charge on any atom is 0.162 e. The number of nitrogens with zero attached hydrogens (tertiary/aromatic N) is 1. The molecule has 1 aromatic carbocycles. The lowest BCUT2D eigenvalue weighted by Gasteiger charge is -2.27. The Morgan fingerprint density at radius 3 is 2.50 bits per heavy atom. The van der Waals surface area contributed by atoms with E-state index in [-0.39, 0.29) is 5.75 Å². The second-order valence-electron chi connectivity index (χ2n) is 5.68. The van der Waals surface area contributed by atoms with E-state index in [1.165, 1.54) is 38.5 Å². The summed E-state index contributed by atoms with van der Waals surface area (Å²) in [5.74, 6) is 0.652. The van der Waals surface area contributed by atoms with Gasteiger partial charge in [-0.15, -0.1) is 0 Å². The molecule has 4 heteroatoms. The first-order valence-electron chi connectivity index (χ1n) is 7.37. The highest BCUT2D eigenvalue weighted by Crippen LogP contribution is 2.34. The predicted octanol–water partition coefficient (Wildman–Crippen LogP) is 4.21. The standard InChI is InChI=1S/C16H24ClNO2/c1-18(14-7-5-3-4-6-8-14)11-12-9-13(17)10-15(20-2)16(12)19/h9-10,14,19H,3-8,11H2,1-2H3. The minimum atomic E-state index is 0.206. The number of phenolic OH excluding ortho intramolecular Hbond substituents is 1. The summed E-state index contributed by atoms with van der Waals surface area (Å²) in [5.41, 5.74) is 0.834. The van der Waals surface area contributed by atoms with Crippen LogP contribution >= 0.6 is 11.6 Å². The number of aromatic hydroxyl groups is 1. The number of phenols is 1. The Morgan fingerprint density at radius 1 is 1.25 bits per heavy atom. The van der Waals surface area contributed by atoms with Crippen LogP contribution in [0.15, 0.2) is 12.1 Å². The molecule has 0 heterocycles. The third-order valence-corrected chi connectivity index (χ3v) is 4.42. The molecule has 20 heavy (non-hydrogen) atoms. The summed E-state index contributed by atoms with van der Waals surface area (Å²) in [6, 6.07) is 4.07. The molecular formula is C16H24ClNO2. The van der Waals surface area contributed by atoms with Crippen LogP contribution in [0.4, 0.5) is 0 Å². The number of ether oxygens (including phenoxy) is 1. The third-order valence-electron chi connectivity index (χ3n) is 4.21. The van der Waals surface area contributed by atoms with Crippen LogP contribution in [0.2, 0.25) is 5.02 Å². The molecule has 1 N–H and O–H groups in total. The van der Waals surface area contributed by atoms with Crippen LogP contribution in [0, 0.1) is 0 Å². The molecule has 0 aromatic heterocycles. The number of rotatable bonds is 4. The van der Waals surface area contributed by atoms with Crippen molar-refractivity contribution in [3.63, 3.8) is 0 Å². The maximum absolute atomic E-state index is 10.2. The zero-order valence-corrected chi connectivity index (χ0v) is 13.1. The van der Waals surface area contributed by atoms with Gasteiger partial charge in [-0.25, -0.2) is 0 Å². The zero-order valence-electron chi connectivity index (χ0n) is 12.4. The summed E-state index contributed by atoms with van der Waals surface area (Å²) in [7, 11) is 3.67. The Bertz CT molecular complexity index is 442. The molecule has 0 unspecified atom stereocenters. The van der Waals surface area contributed by atoms with Crippen molar-refractivity contribution >= 4 is 11.6 Å². The Morgan fingerprint density at radius 2 is 1.90 bits per heavy atom. The predicted molar refractivity (Wildman–Crippen MR) is 82.6 cm³/mol. The Kier molecular flexibility index (Phi) is 5.55. The molecule has 1 aromatic rings. The molecule has 0 spiro atoms. The van der Waals surface area contributed by atoms with Gasteiger partial charge in [-0.2, -0.15) is 0 Å². The Hall–Kier alpha value is -0.930. The SMILES string of the molecule is COc1cc(Cl)cc(CN(C)C2CCCCCC2)c1O. The van der Waals surface area contributed by atoms with Gasteiger partial charge in [0, 0.05) is 29.2 Å². The molecule has 0 atom stereocenters. The van der Waals surface area contributed by atoms with Gasteiger partial charge in [0.1, 0.15) is 0 Å². The lowest BCUT2D eigenvalue weighted by atomic mass is 10.1. The molecule has 0 radical (unpaired) electrons. The molecule has 0 bridgehead atoms. The van der Waals surface area contributed by atoms with E-state index in [4.69, 9.17) is 16.3 Å². The molecule has 1 aliphatic carbocycles. The van der Waals surface area contributed by atoms with E-state index in [1.807, 2.05) is 6.07 Å². The second-order valence-corrected chi connectivity index (χ2v) is 6.11. The van der Waals surface area contributed by atoms with Crippen molar-refractivity contribution in [2.75, 3.05) is 14.2 Å². The lowest BCUT2D eigenvalue weighted by molar-refractivity contribution is 0.210. The van der Waals surface area contributed by atoms with Crippen LogP contribution in [0.25, 0.3) is 0 Å². The van der Waals surface area contributed by atoms with E-state index in [2.05, 4.69) is 11.9 Å². The second kappa shape index (κ2) is 7.19. The normalized spacial score (nSPS) is 17.2. The molecule has 0 amide bonds. The minimum absolute atomic E-state index is 0.206. The van der Waals surface area contributed by atoms with Gasteiger partial charge in [0.2, 0.25) is 0 Å². The molecule has 3 nitrogen and oxygen atoms in total. The highest BCUT2D eigenvalue weighted by atomic mass is 35.5. The fraction of sp³-hybridized carbons (Fsp3) is 0.625. The highest BCUT2D eigenvalue weighted by Gasteiger charge is 2.19. The van der Waals surface area contributed by atoms with Gasteiger partial charge in [-0.1, -0.05) is 37.3 Å². The molecule has 0 aliphatic heterocycles. The van der Waals surface area contributed by atoms with Crippen molar-refractivity contribution in [1.82, 2.24) is 4.90 Å². The van der Waals surface area contributed by atoms with E-state index >= 15 is 0 Å². The molecule has 0 saturated heterocycles. The van der Waals surface area contributed by atoms with Gasteiger partial charge in [0.15, 0.2) is 11.5 Å². The number of halogens is 1. The molecule has 1 fully saturated rings. The van der Waals surface area contributed by atoms with E-state index in [9.17, 15) is 5.11 Å². The lowest BCUT2D eigenvalue weighted by Crippen LogP contribution is -2.30. The van der Waals surface area contributed by atoms with Crippen LogP contribution in [-0.2, 0) is 6.54 Å². The number of hydrogen-bond acceptors (Lipinski definition) is 3. The average Bonchev–Trinajstić information content (AvgIpc) is 2.71. The first-order chi connectivity index (χ1) is 9.61. The first-order valence-corrected chi connectivity index (χ1v) is 7.75. The van der Waals surface area contributed by atoms with Crippen LogP contribution < -0.4 is 4.74 Å². The highest BCUT2D eigenvalue weighted by molar-refractivity contribution is 6.30. The summed E-state index contributed by atoms with van der Waals surface area (Å²) in [4.78, 5) is 2.33. The topological polar surface area (TPSA) is 32.7 Å². The molecule has 1 saturated carbocycles. The summed E-state index contributed by atoms with van der Waals surface area (Å²) >= 11 is 6.09. The van der Waals surface area contributed by atoms with E-state index in [1.54, 1.807) is 13.2 Å². The van der Waals surface area contributed by atoms with Crippen molar-refractivity contribution in [2.45, 2.75) is 51.1 Å². The van der Waals surface area contributed by atoms with Gasteiger partial charge in [0.05, 0.1) is 7.11 Å². The maximum atomic E-state index is 10.2. The van der Waals surface area contributed by atoms with Crippen LogP contribution in [0.3, 0.4) is 0 Å².